The maximum Gasteiger partial charge on any atom is 0.287 e. The first-order valence-corrected chi connectivity index (χ1v) is 8.21. The fourth-order valence-corrected chi connectivity index (χ4v) is 2.84. The summed E-state index contributed by atoms with van der Waals surface area (Å²) in [6.07, 6.45) is 0.314. The van der Waals surface area contributed by atoms with Crippen molar-refractivity contribution in [3.05, 3.63) is 65.4 Å². The van der Waals surface area contributed by atoms with Crippen LogP contribution in [0.5, 0.6) is 5.75 Å². The van der Waals surface area contributed by atoms with Gasteiger partial charge in [0.05, 0.1) is 7.11 Å². The zero-order valence-electron chi connectivity index (χ0n) is 14.6. The third-order valence-corrected chi connectivity index (χ3v) is 4.28. The highest BCUT2D eigenvalue weighted by Crippen LogP contribution is 2.28. The zero-order valence-corrected chi connectivity index (χ0v) is 14.6. The van der Waals surface area contributed by atoms with Crippen molar-refractivity contribution < 1.29 is 18.7 Å². The van der Waals surface area contributed by atoms with Crippen molar-refractivity contribution in [3.63, 3.8) is 0 Å². The molecule has 1 aromatic heterocycles. The molecule has 26 heavy (non-hydrogen) atoms. The Balaban J connectivity index is 1.84. The molecule has 2 aromatic carbocycles. The maximum atomic E-state index is 12.7. The van der Waals surface area contributed by atoms with Gasteiger partial charge >= 0.3 is 0 Å². The number of nitrogens with two attached hydrogens (primary N) is 1. The molecule has 0 bridgehead atoms. The SMILES string of the molecule is COc1ccc2oc(C(=O)N[C@H](Cc3ccccc3)C(N)=O)c(C)c2c1. The number of amides is 2. The lowest BCUT2D eigenvalue weighted by Crippen LogP contribution is -2.45. The highest BCUT2D eigenvalue weighted by molar-refractivity contribution is 6.01. The van der Waals surface area contributed by atoms with E-state index in [1.54, 1.807) is 32.2 Å². The number of methoxy groups -OCH3 is 1. The van der Waals surface area contributed by atoms with Crippen LogP contribution < -0.4 is 15.8 Å². The molecule has 2 amide bonds. The predicted octanol–water partition coefficient (Wildman–Crippen LogP) is 2.58. The first kappa shape index (κ1) is 17.5. The Bertz CT molecular complexity index is 947. The van der Waals surface area contributed by atoms with E-state index in [1.807, 2.05) is 30.3 Å². The lowest BCUT2D eigenvalue weighted by molar-refractivity contribution is -0.119. The molecular weight excluding hydrogens is 332 g/mol. The Morgan fingerprint density at radius 1 is 1.19 bits per heavy atom. The fraction of sp³-hybridized carbons (Fsp3) is 0.200. The topological polar surface area (TPSA) is 94.6 Å². The summed E-state index contributed by atoms with van der Waals surface area (Å²) in [7, 11) is 1.57. The van der Waals surface area contributed by atoms with Crippen LogP contribution in [0.2, 0.25) is 0 Å². The van der Waals surface area contributed by atoms with Gasteiger partial charge in [-0.3, -0.25) is 9.59 Å². The van der Waals surface area contributed by atoms with Crippen LogP contribution in [0.3, 0.4) is 0 Å². The number of rotatable bonds is 6. The van der Waals surface area contributed by atoms with Crippen molar-refractivity contribution in [3.8, 4) is 5.75 Å². The van der Waals surface area contributed by atoms with Gasteiger partial charge in [0.15, 0.2) is 5.76 Å². The van der Waals surface area contributed by atoms with E-state index in [0.717, 1.165) is 10.9 Å². The van der Waals surface area contributed by atoms with E-state index in [4.69, 9.17) is 14.9 Å². The van der Waals surface area contributed by atoms with Crippen molar-refractivity contribution in [1.82, 2.24) is 5.32 Å². The number of carbonyl (C=O) groups excluding carboxylic acids is 2. The summed E-state index contributed by atoms with van der Waals surface area (Å²) >= 11 is 0. The Hall–Kier alpha value is -3.28. The van der Waals surface area contributed by atoms with Crippen LogP contribution in [0.15, 0.2) is 52.9 Å². The molecule has 6 nitrogen and oxygen atoms in total. The van der Waals surface area contributed by atoms with E-state index < -0.39 is 17.9 Å². The number of furan rings is 1. The molecular formula is C20H20N2O4. The Morgan fingerprint density at radius 3 is 2.58 bits per heavy atom. The second-order valence-electron chi connectivity index (χ2n) is 6.04. The van der Waals surface area contributed by atoms with Gasteiger partial charge in [-0.1, -0.05) is 30.3 Å². The molecule has 0 aliphatic carbocycles. The molecule has 0 radical (unpaired) electrons. The number of primary amides is 1. The van der Waals surface area contributed by atoms with Gasteiger partial charge in [0, 0.05) is 17.4 Å². The summed E-state index contributed by atoms with van der Waals surface area (Å²) in [5.74, 6) is -0.241. The van der Waals surface area contributed by atoms with Gasteiger partial charge in [-0.2, -0.15) is 0 Å². The van der Waals surface area contributed by atoms with E-state index in [1.165, 1.54) is 0 Å². The molecule has 1 heterocycles. The quantitative estimate of drug-likeness (QED) is 0.713. The van der Waals surface area contributed by atoms with Crippen molar-refractivity contribution in [2.45, 2.75) is 19.4 Å². The number of aryl methyl sites for hydroxylation is 1. The first-order valence-electron chi connectivity index (χ1n) is 8.21. The molecule has 0 spiro atoms. The van der Waals surface area contributed by atoms with Crippen LogP contribution in [0.4, 0.5) is 0 Å². The minimum Gasteiger partial charge on any atom is -0.497 e. The lowest BCUT2D eigenvalue weighted by atomic mass is 10.1. The molecule has 6 heteroatoms. The minimum absolute atomic E-state index is 0.160. The van der Waals surface area contributed by atoms with Gasteiger partial charge in [0.2, 0.25) is 5.91 Å². The van der Waals surface area contributed by atoms with Crippen LogP contribution >= 0.6 is 0 Å². The minimum atomic E-state index is -0.827. The molecule has 0 aliphatic rings. The van der Waals surface area contributed by atoms with Crippen LogP contribution in [-0.4, -0.2) is 25.0 Å². The smallest absolute Gasteiger partial charge is 0.287 e. The zero-order chi connectivity index (χ0) is 18.7. The molecule has 1 atom stereocenters. The first-order chi connectivity index (χ1) is 12.5. The molecule has 134 valence electrons. The number of carbonyl (C=O) groups is 2. The van der Waals surface area contributed by atoms with Crippen molar-refractivity contribution >= 4 is 22.8 Å². The van der Waals surface area contributed by atoms with Gasteiger partial charge in [-0.25, -0.2) is 0 Å². The second-order valence-corrected chi connectivity index (χ2v) is 6.04. The third kappa shape index (κ3) is 3.54. The van der Waals surface area contributed by atoms with E-state index in [2.05, 4.69) is 5.32 Å². The number of hydrogen-bond donors (Lipinski definition) is 2. The van der Waals surface area contributed by atoms with Gasteiger partial charge in [-0.05, 0) is 30.7 Å². The number of hydrogen-bond acceptors (Lipinski definition) is 4. The molecule has 3 N–H and O–H groups in total. The molecule has 3 rings (SSSR count). The third-order valence-electron chi connectivity index (χ3n) is 4.28. The van der Waals surface area contributed by atoms with E-state index >= 15 is 0 Å². The number of benzene rings is 2. The largest absolute Gasteiger partial charge is 0.497 e. The number of ether oxygens (including phenoxy) is 1. The van der Waals surface area contributed by atoms with Crippen molar-refractivity contribution in [2.24, 2.45) is 5.73 Å². The maximum absolute atomic E-state index is 12.7. The Kier molecular flexibility index (Phi) is 4.93. The summed E-state index contributed by atoms with van der Waals surface area (Å²) in [6.45, 7) is 1.79. The highest BCUT2D eigenvalue weighted by Gasteiger charge is 2.24. The highest BCUT2D eigenvalue weighted by atomic mass is 16.5. The van der Waals surface area contributed by atoms with Crippen LogP contribution in [0, 0.1) is 6.92 Å². The summed E-state index contributed by atoms with van der Waals surface area (Å²) in [6, 6.07) is 13.8. The van der Waals surface area contributed by atoms with Crippen LogP contribution in [-0.2, 0) is 11.2 Å². The average molecular weight is 352 g/mol. The van der Waals surface area contributed by atoms with E-state index in [9.17, 15) is 9.59 Å². The molecule has 0 aliphatic heterocycles. The van der Waals surface area contributed by atoms with Crippen LogP contribution in [0.1, 0.15) is 21.7 Å². The Morgan fingerprint density at radius 2 is 1.92 bits per heavy atom. The summed E-state index contributed by atoms with van der Waals surface area (Å²) in [4.78, 5) is 24.4. The average Bonchev–Trinajstić information content (AvgIpc) is 2.98. The lowest BCUT2D eigenvalue weighted by Gasteiger charge is -2.15. The summed E-state index contributed by atoms with van der Waals surface area (Å²) in [5.41, 5.74) is 7.62. The van der Waals surface area contributed by atoms with Crippen LogP contribution in [0.25, 0.3) is 11.0 Å². The van der Waals surface area contributed by atoms with Crippen molar-refractivity contribution in [1.29, 1.82) is 0 Å². The summed E-state index contributed by atoms with van der Waals surface area (Å²) in [5, 5.41) is 3.46. The molecule has 0 saturated carbocycles. The number of nitrogens with one attached hydrogen (secondary N) is 1. The standard InChI is InChI=1S/C20H20N2O4/c1-12-15-11-14(25-2)8-9-17(15)26-18(12)20(24)22-16(19(21)23)10-13-6-4-3-5-7-13/h3-9,11,16H,10H2,1-2H3,(H2,21,23)(H,22,24)/t16-/m1/s1. The van der Waals surface area contributed by atoms with Crippen molar-refractivity contribution in [2.75, 3.05) is 7.11 Å². The summed E-state index contributed by atoms with van der Waals surface area (Å²) < 4.78 is 10.9. The Labute approximate surface area is 150 Å². The van der Waals surface area contributed by atoms with Gasteiger partial charge in [-0.15, -0.1) is 0 Å². The number of fused-ring (bicyclic) bond motifs is 1. The van der Waals surface area contributed by atoms with E-state index in [-0.39, 0.29) is 5.76 Å². The molecule has 3 aromatic rings. The molecule has 0 fully saturated rings. The van der Waals surface area contributed by atoms with Gasteiger partial charge < -0.3 is 20.2 Å². The molecule has 0 saturated heterocycles. The van der Waals surface area contributed by atoms with Gasteiger partial charge in [0.1, 0.15) is 17.4 Å². The normalized spacial score (nSPS) is 11.9. The second kappa shape index (κ2) is 7.31. The van der Waals surface area contributed by atoms with E-state index in [0.29, 0.717) is 23.3 Å². The molecule has 0 unspecified atom stereocenters. The fourth-order valence-electron chi connectivity index (χ4n) is 2.84. The van der Waals surface area contributed by atoms with Gasteiger partial charge in [0.25, 0.3) is 5.91 Å². The monoisotopic (exact) mass is 352 g/mol. The predicted molar refractivity (Wildman–Crippen MR) is 98.1 cm³/mol.